The molecule has 29 heavy (non-hydrogen) atoms. The molecule has 0 spiro atoms. The predicted molar refractivity (Wildman–Crippen MR) is 119 cm³/mol. The molecule has 2 N–H and O–H groups in total. The lowest BCUT2D eigenvalue weighted by atomic mass is 10.1. The van der Waals surface area contributed by atoms with Gasteiger partial charge in [0.15, 0.2) is 11.5 Å². The standard InChI is InChI=1S/C22H25BrN4O2/c1-14-16-7-6-15(23)10-19(16)27-22-17-11-21(29-9-5-3-4-8-24-14)20(28-2)12-18(17)25-13-26-22/h6-7,10-14,24H,3-5,8-9H2,1-2H3,(H,25,26,27). The average molecular weight is 457 g/mol. The van der Waals surface area contributed by atoms with Gasteiger partial charge < -0.3 is 20.1 Å². The summed E-state index contributed by atoms with van der Waals surface area (Å²) in [6.07, 6.45) is 4.78. The molecule has 0 aliphatic carbocycles. The second-order valence-corrected chi connectivity index (χ2v) is 8.10. The van der Waals surface area contributed by atoms with Gasteiger partial charge in [0.2, 0.25) is 0 Å². The van der Waals surface area contributed by atoms with Crippen LogP contribution in [0, 0.1) is 0 Å². The molecule has 3 aromatic rings. The molecule has 0 saturated heterocycles. The van der Waals surface area contributed by atoms with E-state index < -0.39 is 0 Å². The van der Waals surface area contributed by atoms with Gasteiger partial charge in [0.25, 0.3) is 0 Å². The summed E-state index contributed by atoms with van der Waals surface area (Å²) in [6, 6.07) is 10.4. The maximum Gasteiger partial charge on any atom is 0.162 e. The highest BCUT2D eigenvalue weighted by Gasteiger charge is 2.16. The van der Waals surface area contributed by atoms with Crippen LogP contribution in [0.1, 0.15) is 37.8 Å². The number of fused-ring (bicyclic) bond motifs is 2. The fourth-order valence-corrected chi connectivity index (χ4v) is 3.95. The number of methoxy groups -OCH3 is 1. The van der Waals surface area contributed by atoms with Gasteiger partial charge in [-0.05, 0) is 56.5 Å². The van der Waals surface area contributed by atoms with Crippen LogP contribution < -0.4 is 20.1 Å². The number of ether oxygens (including phenoxy) is 2. The van der Waals surface area contributed by atoms with E-state index in [9.17, 15) is 0 Å². The zero-order valence-corrected chi connectivity index (χ0v) is 18.3. The minimum Gasteiger partial charge on any atom is -0.493 e. The Kier molecular flexibility index (Phi) is 6.16. The van der Waals surface area contributed by atoms with Crippen molar-refractivity contribution >= 4 is 38.3 Å². The molecule has 0 saturated carbocycles. The quantitative estimate of drug-likeness (QED) is 0.513. The van der Waals surface area contributed by atoms with Crippen molar-refractivity contribution in [2.24, 2.45) is 0 Å². The number of anilines is 2. The van der Waals surface area contributed by atoms with Crippen molar-refractivity contribution in [3.63, 3.8) is 0 Å². The Bertz CT molecular complexity index is 1010. The highest BCUT2D eigenvalue weighted by molar-refractivity contribution is 9.10. The van der Waals surface area contributed by atoms with Crippen molar-refractivity contribution in [1.29, 1.82) is 0 Å². The SMILES string of the molecule is COc1cc2ncnc3c2cc1OCCCCCNC(C)c1ccc(Br)cc1N3. The van der Waals surface area contributed by atoms with Gasteiger partial charge in [-0.1, -0.05) is 22.0 Å². The third kappa shape index (κ3) is 4.46. The highest BCUT2D eigenvalue weighted by atomic mass is 79.9. The molecule has 0 radical (unpaired) electrons. The lowest BCUT2D eigenvalue weighted by Crippen LogP contribution is -2.21. The second-order valence-electron chi connectivity index (χ2n) is 7.18. The largest absolute Gasteiger partial charge is 0.493 e. The fraction of sp³-hybridized carbons (Fsp3) is 0.364. The summed E-state index contributed by atoms with van der Waals surface area (Å²) < 4.78 is 12.6. The summed E-state index contributed by atoms with van der Waals surface area (Å²) in [5.74, 6) is 2.14. The molecule has 1 unspecified atom stereocenters. The number of nitrogens with one attached hydrogen (secondary N) is 2. The van der Waals surface area contributed by atoms with E-state index in [0.29, 0.717) is 18.1 Å². The summed E-state index contributed by atoms with van der Waals surface area (Å²) in [7, 11) is 1.65. The first-order valence-electron chi connectivity index (χ1n) is 9.91. The van der Waals surface area contributed by atoms with Gasteiger partial charge in [-0.15, -0.1) is 0 Å². The minimum atomic E-state index is 0.218. The van der Waals surface area contributed by atoms with Crippen molar-refractivity contribution in [1.82, 2.24) is 15.3 Å². The second kappa shape index (κ2) is 8.97. The summed E-state index contributed by atoms with van der Waals surface area (Å²) in [5.41, 5.74) is 3.01. The summed E-state index contributed by atoms with van der Waals surface area (Å²) in [4.78, 5) is 8.94. The summed E-state index contributed by atoms with van der Waals surface area (Å²) in [6.45, 7) is 3.81. The number of nitrogens with zero attached hydrogens (tertiary/aromatic N) is 2. The minimum absolute atomic E-state index is 0.218. The van der Waals surface area contributed by atoms with E-state index in [1.165, 1.54) is 5.56 Å². The molecule has 1 aliphatic rings. The molecule has 6 nitrogen and oxygen atoms in total. The number of rotatable bonds is 1. The van der Waals surface area contributed by atoms with Crippen molar-refractivity contribution in [2.45, 2.75) is 32.2 Å². The number of benzene rings is 2. The summed E-state index contributed by atoms with van der Waals surface area (Å²) >= 11 is 3.59. The van der Waals surface area contributed by atoms with Crippen molar-refractivity contribution < 1.29 is 9.47 Å². The van der Waals surface area contributed by atoms with Crippen LogP contribution in [0.3, 0.4) is 0 Å². The Morgan fingerprint density at radius 1 is 1.14 bits per heavy atom. The Morgan fingerprint density at radius 2 is 2.03 bits per heavy atom. The van der Waals surface area contributed by atoms with Gasteiger partial charge in [0.05, 0.1) is 19.2 Å². The molecule has 2 aromatic carbocycles. The first-order valence-corrected chi connectivity index (χ1v) is 10.7. The molecular weight excluding hydrogens is 432 g/mol. The molecule has 1 aliphatic heterocycles. The maximum absolute atomic E-state index is 6.04. The smallest absolute Gasteiger partial charge is 0.162 e. The van der Waals surface area contributed by atoms with Gasteiger partial charge in [-0.2, -0.15) is 0 Å². The molecule has 152 valence electrons. The molecule has 1 aromatic heterocycles. The van der Waals surface area contributed by atoms with Crippen LogP contribution in [0.15, 0.2) is 41.1 Å². The van der Waals surface area contributed by atoms with Gasteiger partial charge in [0, 0.05) is 27.7 Å². The Labute approximate surface area is 179 Å². The lowest BCUT2D eigenvalue weighted by molar-refractivity contribution is 0.285. The van der Waals surface area contributed by atoms with E-state index in [0.717, 1.165) is 52.7 Å². The van der Waals surface area contributed by atoms with Crippen LogP contribution in [0.4, 0.5) is 11.5 Å². The van der Waals surface area contributed by atoms with Crippen LogP contribution in [0.2, 0.25) is 0 Å². The average Bonchev–Trinajstić information content (AvgIpc) is 2.72. The van der Waals surface area contributed by atoms with Gasteiger partial charge in [0.1, 0.15) is 12.1 Å². The third-order valence-electron chi connectivity index (χ3n) is 5.18. The predicted octanol–water partition coefficient (Wildman–Crippen LogP) is 5.36. The van der Waals surface area contributed by atoms with Gasteiger partial charge >= 0.3 is 0 Å². The first-order chi connectivity index (χ1) is 14.2. The molecule has 2 heterocycles. The van der Waals surface area contributed by atoms with Crippen LogP contribution in [-0.2, 0) is 0 Å². The topological polar surface area (TPSA) is 68.3 Å². The highest BCUT2D eigenvalue weighted by Crippen LogP contribution is 2.36. The molecule has 2 bridgehead atoms. The van der Waals surface area contributed by atoms with Gasteiger partial charge in [-0.25, -0.2) is 9.97 Å². The van der Waals surface area contributed by atoms with E-state index in [2.05, 4.69) is 61.7 Å². The van der Waals surface area contributed by atoms with E-state index in [1.807, 2.05) is 12.1 Å². The summed E-state index contributed by atoms with van der Waals surface area (Å²) in [5, 5.41) is 8.04. The molecule has 4 rings (SSSR count). The van der Waals surface area contributed by atoms with Crippen LogP contribution >= 0.6 is 15.9 Å². The lowest BCUT2D eigenvalue weighted by Gasteiger charge is -2.20. The Hall–Kier alpha value is -2.38. The monoisotopic (exact) mass is 456 g/mol. The first kappa shape index (κ1) is 19.9. The van der Waals surface area contributed by atoms with Crippen molar-refractivity contribution in [3.8, 4) is 11.5 Å². The Morgan fingerprint density at radius 3 is 2.90 bits per heavy atom. The fourth-order valence-electron chi connectivity index (χ4n) is 3.59. The number of aromatic nitrogens is 2. The van der Waals surface area contributed by atoms with E-state index in [1.54, 1.807) is 13.4 Å². The maximum atomic E-state index is 6.04. The van der Waals surface area contributed by atoms with E-state index in [-0.39, 0.29) is 6.04 Å². The van der Waals surface area contributed by atoms with Gasteiger partial charge in [-0.3, -0.25) is 0 Å². The van der Waals surface area contributed by atoms with Crippen LogP contribution in [-0.4, -0.2) is 30.2 Å². The molecule has 7 heteroatoms. The Balaban J connectivity index is 1.83. The third-order valence-corrected chi connectivity index (χ3v) is 5.68. The van der Waals surface area contributed by atoms with Crippen molar-refractivity contribution in [2.75, 3.05) is 25.6 Å². The van der Waals surface area contributed by atoms with Crippen LogP contribution in [0.25, 0.3) is 10.9 Å². The zero-order chi connectivity index (χ0) is 20.2. The van der Waals surface area contributed by atoms with Crippen molar-refractivity contribution in [3.05, 3.63) is 46.7 Å². The van der Waals surface area contributed by atoms with E-state index in [4.69, 9.17) is 9.47 Å². The normalized spacial score (nSPS) is 17.6. The van der Waals surface area contributed by atoms with Crippen LogP contribution in [0.5, 0.6) is 11.5 Å². The molecule has 0 fully saturated rings. The number of hydrogen-bond donors (Lipinski definition) is 2. The molecule has 0 amide bonds. The zero-order valence-electron chi connectivity index (χ0n) is 16.7. The van der Waals surface area contributed by atoms with E-state index >= 15 is 0 Å². The molecular formula is C22H25BrN4O2. The number of hydrogen-bond acceptors (Lipinski definition) is 6. The molecule has 1 atom stereocenters. The number of halogens is 1.